The summed E-state index contributed by atoms with van der Waals surface area (Å²) in [6, 6.07) is 5.32. The number of nitrogens with zero attached hydrogens (tertiary/aromatic N) is 2. The van der Waals surface area contributed by atoms with E-state index in [4.69, 9.17) is 26.8 Å². The Morgan fingerprint density at radius 2 is 2.11 bits per heavy atom. The molecule has 0 spiro atoms. The molecule has 1 aliphatic rings. The molecule has 2 heterocycles. The van der Waals surface area contributed by atoms with E-state index in [1.54, 1.807) is 12.1 Å². The smallest absolute Gasteiger partial charge is 0.231 e. The van der Waals surface area contributed by atoms with Crippen LogP contribution in [0.2, 0.25) is 5.02 Å². The van der Waals surface area contributed by atoms with Gasteiger partial charge in [-0.15, -0.1) is 0 Å². The summed E-state index contributed by atoms with van der Waals surface area (Å²) in [4.78, 5) is 8.67. The highest BCUT2D eigenvalue weighted by Gasteiger charge is 2.19. The zero-order valence-corrected chi connectivity index (χ0v) is 11.1. The number of anilines is 1. The third kappa shape index (κ3) is 2.17. The first-order chi connectivity index (χ1) is 9.17. The number of aryl methyl sites for hydroxylation is 1. The van der Waals surface area contributed by atoms with Crippen molar-refractivity contribution in [2.45, 2.75) is 13.3 Å². The number of rotatable bonds is 2. The fourth-order valence-electron chi connectivity index (χ4n) is 1.93. The lowest BCUT2D eigenvalue weighted by atomic mass is 10.1. The molecule has 5 nitrogen and oxygen atoms in total. The number of hydrogen-bond acceptors (Lipinski definition) is 5. The lowest BCUT2D eigenvalue weighted by molar-refractivity contribution is 0.174. The maximum atomic E-state index is 6.15. The molecule has 6 heteroatoms. The van der Waals surface area contributed by atoms with E-state index in [9.17, 15) is 0 Å². The van der Waals surface area contributed by atoms with Crippen molar-refractivity contribution in [2.24, 2.45) is 0 Å². The van der Waals surface area contributed by atoms with Crippen molar-refractivity contribution < 1.29 is 9.47 Å². The van der Waals surface area contributed by atoms with Crippen LogP contribution in [0.4, 0.5) is 5.82 Å². The summed E-state index contributed by atoms with van der Waals surface area (Å²) in [5, 5.41) is 0.481. The van der Waals surface area contributed by atoms with E-state index >= 15 is 0 Å². The molecule has 0 saturated carbocycles. The van der Waals surface area contributed by atoms with Crippen LogP contribution in [-0.2, 0) is 6.42 Å². The molecule has 0 saturated heterocycles. The molecule has 2 aromatic rings. The topological polar surface area (TPSA) is 70.3 Å². The fraction of sp³-hybridized carbons (Fsp3) is 0.231. The third-order valence-electron chi connectivity index (χ3n) is 2.85. The van der Waals surface area contributed by atoms with Gasteiger partial charge < -0.3 is 15.2 Å². The van der Waals surface area contributed by atoms with Crippen LogP contribution in [0.15, 0.2) is 18.2 Å². The predicted octanol–water partition coefficient (Wildman–Crippen LogP) is 2.67. The van der Waals surface area contributed by atoms with Gasteiger partial charge in [0.15, 0.2) is 17.3 Å². The molecule has 1 aromatic heterocycles. The summed E-state index contributed by atoms with van der Waals surface area (Å²) in [5.41, 5.74) is 7.43. The average Bonchev–Trinajstić information content (AvgIpc) is 2.86. The number of nitrogen functional groups attached to an aromatic ring is 1. The maximum absolute atomic E-state index is 6.15. The number of nitrogens with two attached hydrogens (primary N) is 1. The van der Waals surface area contributed by atoms with Crippen LogP contribution in [0, 0.1) is 0 Å². The number of benzene rings is 1. The Balaban J connectivity index is 2.12. The second-order valence-corrected chi connectivity index (χ2v) is 4.56. The van der Waals surface area contributed by atoms with Gasteiger partial charge in [-0.2, -0.15) is 0 Å². The average molecular weight is 278 g/mol. The molecule has 1 aliphatic heterocycles. The molecule has 0 atom stereocenters. The van der Waals surface area contributed by atoms with Gasteiger partial charge in [0.05, 0.1) is 5.02 Å². The van der Waals surface area contributed by atoms with Crippen molar-refractivity contribution in [1.82, 2.24) is 9.97 Å². The van der Waals surface area contributed by atoms with Crippen LogP contribution < -0.4 is 15.2 Å². The molecular weight excluding hydrogens is 266 g/mol. The van der Waals surface area contributed by atoms with Crippen molar-refractivity contribution in [3.8, 4) is 22.9 Å². The normalized spacial score (nSPS) is 12.7. The highest BCUT2D eigenvalue weighted by atomic mass is 35.5. The standard InChI is InChI=1S/C13H12ClN3O2/c1-2-8-5-11(15)17-13(16-8)7-3-9(14)12-10(4-7)18-6-19-12/h3-5H,2,6H2,1H3,(H2,15,16,17). The van der Waals surface area contributed by atoms with Gasteiger partial charge in [0.2, 0.25) is 6.79 Å². The minimum atomic E-state index is 0.177. The van der Waals surface area contributed by atoms with Gasteiger partial charge in [0.1, 0.15) is 5.82 Å². The van der Waals surface area contributed by atoms with Crippen LogP contribution in [0.25, 0.3) is 11.4 Å². The molecule has 0 bridgehead atoms. The zero-order valence-electron chi connectivity index (χ0n) is 10.3. The van der Waals surface area contributed by atoms with Crippen LogP contribution in [0.5, 0.6) is 11.5 Å². The largest absolute Gasteiger partial charge is 0.454 e. The minimum Gasteiger partial charge on any atom is -0.454 e. The first-order valence-electron chi connectivity index (χ1n) is 5.90. The molecule has 0 radical (unpaired) electrons. The molecule has 19 heavy (non-hydrogen) atoms. The Hall–Kier alpha value is -2.01. The Morgan fingerprint density at radius 1 is 1.26 bits per heavy atom. The number of halogens is 1. The minimum absolute atomic E-state index is 0.177. The van der Waals surface area contributed by atoms with Gasteiger partial charge >= 0.3 is 0 Å². The SMILES string of the molecule is CCc1cc(N)nc(-c2cc(Cl)c3c(c2)OCO3)n1. The molecule has 3 rings (SSSR count). The van der Waals surface area contributed by atoms with E-state index in [1.807, 2.05) is 13.0 Å². The van der Waals surface area contributed by atoms with E-state index in [1.165, 1.54) is 0 Å². The van der Waals surface area contributed by atoms with Gasteiger partial charge in [-0.3, -0.25) is 0 Å². The molecule has 1 aromatic carbocycles. The molecule has 0 amide bonds. The number of aromatic nitrogens is 2. The zero-order chi connectivity index (χ0) is 13.4. The molecule has 98 valence electrons. The van der Waals surface area contributed by atoms with E-state index in [-0.39, 0.29) is 6.79 Å². The summed E-state index contributed by atoms with van der Waals surface area (Å²) >= 11 is 6.15. The summed E-state index contributed by atoms with van der Waals surface area (Å²) in [5.74, 6) is 2.14. The van der Waals surface area contributed by atoms with Gasteiger partial charge in [0.25, 0.3) is 0 Å². The molecule has 0 fully saturated rings. The van der Waals surface area contributed by atoms with E-state index < -0.39 is 0 Å². The monoisotopic (exact) mass is 277 g/mol. The van der Waals surface area contributed by atoms with Crippen molar-refractivity contribution in [1.29, 1.82) is 0 Å². The Labute approximate surface area is 115 Å². The lowest BCUT2D eigenvalue weighted by Gasteiger charge is -2.06. The number of ether oxygens (including phenoxy) is 2. The van der Waals surface area contributed by atoms with E-state index in [0.29, 0.717) is 28.2 Å². The number of hydrogen-bond donors (Lipinski definition) is 1. The summed E-state index contributed by atoms with van der Waals surface area (Å²) < 4.78 is 10.6. The second-order valence-electron chi connectivity index (χ2n) is 4.15. The van der Waals surface area contributed by atoms with Crippen LogP contribution in [0.1, 0.15) is 12.6 Å². The van der Waals surface area contributed by atoms with E-state index in [0.717, 1.165) is 17.7 Å². The Morgan fingerprint density at radius 3 is 2.89 bits per heavy atom. The van der Waals surface area contributed by atoms with Crippen molar-refractivity contribution in [2.75, 3.05) is 12.5 Å². The van der Waals surface area contributed by atoms with Crippen molar-refractivity contribution in [3.63, 3.8) is 0 Å². The van der Waals surface area contributed by atoms with Gasteiger partial charge in [-0.1, -0.05) is 18.5 Å². The van der Waals surface area contributed by atoms with Crippen LogP contribution >= 0.6 is 11.6 Å². The van der Waals surface area contributed by atoms with Crippen LogP contribution in [0.3, 0.4) is 0 Å². The van der Waals surface area contributed by atoms with Gasteiger partial charge in [0, 0.05) is 17.3 Å². The van der Waals surface area contributed by atoms with E-state index in [2.05, 4.69) is 9.97 Å². The first-order valence-corrected chi connectivity index (χ1v) is 6.28. The van der Waals surface area contributed by atoms with Crippen LogP contribution in [-0.4, -0.2) is 16.8 Å². The molecule has 0 aliphatic carbocycles. The fourth-order valence-corrected chi connectivity index (χ4v) is 2.19. The second kappa shape index (κ2) is 4.59. The maximum Gasteiger partial charge on any atom is 0.231 e. The van der Waals surface area contributed by atoms with Gasteiger partial charge in [-0.25, -0.2) is 9.97 Å². The van der Waals surface area contributed by atoms with Crippen molar-refractivity contribution in [3.05, 3.63) is 28.9 Å². The first kappa shape index (κ1) is 12.0. The molecular formula is C13H12ClN3O2. The quantitative estimate of drug-likeness (QED) is 0.914. The van der Waals surface area contributed by atoms with Crippen molar-refractivity contribution >= 4 is 17.4 Å². The predicted molar refractivity (Wildman–Crippen MR) is 72.4 cm³/mol. The lowest BCUT2D eigenvalue weighted by Crippen LogP contribution is -1.99. The third-order valence-corrected chi connectivity index (χ3v) is 3.13. The van der Waals surface area contributed by atoms with Gasteiger partial charge in [-0.05, 0) is 18.6 Å². The Kier molecular flexibility index (Phi) is 2.91. The molecule has 0 unspecified atom stereocenters. The summed E-state index contributed by atoms with van der Waals surface area (Å²) in [6.07, 6.45) is 0.790. The number of fused-ring (bicyclic) bond motifs is 1. The highest BCUT2D eigenvalue weighted by Crippen LogP contribution is 2.41. The summed E-state index contributed by atoms with van der Waals surface area (Å²) in [6.45, 7) is 2.19. The molecule has 2 N–H and O–H groups in total. The Bertz CT molecular complexity index is 646. The highest BCUT2D eigenvalue weighted by molar-refractivity contribution is 6.32. The summed E-state index contributed by atoms with van der Waals surface area (Å²) in [7, 11) is 0.